The molecule has 0 bridgehead atoms. The molecule has 2 unspecified atom stereocenters. The summed E-state index contributed by atoms with van der Waals surface area (Å²) >= 11 is 0. The van der Waals surface area contributed by atoms with E-state index in [0.29, 0.717) is 12.6 Å². The second-order valence-corrected chi connectivity index (χ2v) is 5.03. The number of hydrogen-bond acceptors (Lipinski definition) is 4. The first-order chi connectivity index (χ1) is 8.69. The second-order valence-electron chi connectivity index (χ2n) is 5.03. The molecule has 1 saturated heterocycles. The van der Waals surface area contributed by atoms with E-state index in [4.69, 9.17) is 10.5 Å². The number of nitrogens with zero attached hydrogens (tertiary/aromatic N) is 3. The first-order valence-electron chi connectivity index (χ1n) is 6.76. The Hall–Kier alpha value is -0.910. The highest BCUT2D eigenvalue weighted by molar-refractivity contribution is 5.10. The highest BCUT2D eigenvalue weighted by atomic mass is 16.5. The summed E-state index contributed by atoms with van der Waals surface area (Å²) in [6.45, 7) is 9.76. The van der Waals surface area contributed by atoms with Crippen molar-refractivity contribution >= 4 is 0 Å². The molecule has 0 spiro atoms. The summed E-state index contributed by atoms with van der Waals surface area (Å²) in [4.78, 5) is 6.73. The largest absolute Gasteiger partial charge is 0.374 e. The van der Waals surface area contributed by atoms with Crippen LogP contribution in [0.4, 0.5) is 0 Å². The molecule has 1 aliphatic rings. The maximum atomic E-state index is 5.87. The van der Waals surface area contributed by atoms with Crippen molar-refractivity contribution in [3.63, 3.8) is 0 Å². The minimum Gasteiger partial charge on any atom is -0.374 e. The van der Waals surface area contributed by atoms with Gasteiger partial charge in [-0.2, -0.15) is 0 Å². The first kappa shape index (κ1) is 13.5. The van der Waals surface area contributed by atoms with Crippen LogP contribution in [-0.2, 0) is 11.3 Å². The van der Waals surface area contributed by atoms with Gasteiger partial charge in [0.25, 0.3) is 0 Å². The van der Waals surface area contributed by atoms with E-state index < -0.39 is 0 Å². The van der Waals surface area contributed by atoms with E-state index in [1.165, 1.54) is 5.69 Å². The third-order valence-electron chi connectivity index (χ3n) is 3.67. The standard InChI is InChI=1S/C13H24N4O/c1-4-16-9-15-8-11(16)13-12(7-14)18-6-5-17(13)10(2)3/h8-10,12-13H,4-7,14H2,1-3H3. The average molecular weight is 252 g/mol. The topological polar surface area (TPSA) is 56.3 Å². The van der Waals surface area contributed by atoms with Gasteiger partial charge in [0, 0.05) is 31.9 Å². The van der Waals surface area contributed by atoms with E-state index in [1.807, 2.05) is 12.5 Å². The Labute approximate surface area is 109 Å². The van der Waals surface area contributed by atoms with Gasteiger partial charge in [-0.15, -0.1) is 0 Å². The van der Waals surface area contributed by atoms with Crippen molar-refractivity contribution in [1.82, 2.24) is 14.5 Å². The van der Waals surface area contributed by atoms with E-state index in [9.17, 15) is 0 Å². The number of ether oxygens (including phenoxy) is 1. The van der Waals surface area contributed by atoms with Gasteiger partial charge in [0.2, 0.25) is 0 Å². The summed E-state index contributed by atoms with van der Waals surface area (Å²) in [6.07, 6.45) is 3.89. The molecule has 18 heavy (non-hydrogen) atoms. The third-order valence-corrected chi connectivity index (χ3v) is 3.67. The maximum absolute atomic E-state index is 5.87. The molecule has 0 amide bonds. The van der Waals surface area contributed by atoms with Gasteiger partial charge in [0.1, 0.15) is 0 Å². The number of nitrogens with two attached hydrogens (primary N) is 1. The minimum atomic E-state index is 0.0585. The van der Waals surface area contributed by atoms with E-state index in [0.717, 1.165) is 19.7 Å². The predicted molar refractivity (Wildman–Crippen MR) is 71.3 cm³/mol. The van der Waals surface area contributed by atoms with Gasteiger partial charge in [-0.25, -0.2) is 4.98 Å². The Balaban J connectivity index is 2.33. The zero-order valence-electron chi connectivity index (χ0n) is 11.5. The van der Waals surface area contributed by atoms with Crippen molar-refractivity contribution in [2.24, 2.45) is 5.73 Å². The summed E-state index contributed by atoms with van der Waals surface area (Å²) in [6, 6.07) is 0.694. The molecule has 5 nitrogen and oxygen atoms in total. The van der Waals surface area contributed by atoms with Crippen LogP contribution in [0.15, 0.2) is 12.5 Å². The fourth-order valence-electron chi connectivity index (χ4n) is 2.73. The third kappa shape index (κ3) is 2.43. The van der Waals surface area contributed by atoms with E-state index >= 15 is 0 Å². The Morgan fingerprint density at radius 3 is 2.94 bits per heavy atom. The van der Waals surface area contributed by atoms with Crippen molar-refractivity contribution in [3.05, 3.63) is 18.2 Å². The first-order valence-corrected chi connectivity index (χ1v) is 6.76. The van der Waals surface area contributed by atoms with Crippen molar-refractivity contribution in [3.8, 4) is 0 Å². The van der Waals surface area contributed by atoms with Gasteiger partial charge < -0.3 is 15.0 Å². The van der Waals surface area contributed by atoms with Crippen LogP contribution in [0, 0.1) is 0 Å². The quantitative estimate of drug-likeness (QED) is 0.869. The normalized spacial score (nSPS) is 25.8. The van der Waals surface area contributed by atoms with E-state index in [-0.39, 0.29) is 12.1 Å². The molecule has 1 fully saturated rings. The zero-order chi connectivity index (χ0) is 13.1. The van der Waals surface area contributed by atoms with Crippen molar-refractivity contribution in [2.45, 2.75) is 45.5 Å². The highest BCUT2D eigenvalue weighted by Gasteiger charge is 2.35. The lowest BCUT2D eigenvalue weighted by Crippen LogP contribution is -2.51. The Kier molecular flexibility index (Phi) is 4.37. The Bertz CT molecular complexity index is 377. The lowest BCUT2D eigenvalue weighted by Gasteiger charge is -2.43. The summed E-state index contributed by atoms with van der Waals surface area (Å²) in [7, 11) is 0. The molecule has 1 aliphatic heterocycles. The lowest BCUT2D eigenvalue weighted by molar-refractivity contribution is -0.0812. The van der Waals surface area contributed by atoms with Crippen LogP contribution in [0.25, 0.3) is 0 Å². The van der Waals surface area contributed by atoms with E-state index in [1.54, 1.807) is 0 Å². The Morgan fingerprint density at radius 2 is 2.33 bits per heavy atom. The lowest BCUT2D eigenvalue weighted by atomic mass is 10.0. The molecule has 0 aliphatic carbocycles. The van der Waals surface area contributed by atoms with Crippen LogP contribution in [0.2, 0.25) is 0 Å². The molecular weight excluding hydrogens is 228 g/mol. The summed E-state index contributed by atoms with van der Waals surface area (Å²) in [5, 5.41) is 0. The second kappa shape index (κ2) is 5.82. The molecule has 102 valence electrons. The molecule has 1 aromatic rings. The number of hydrogen-bond donors (Lipinski definition) is 1. The molecule has 0 saturated carbocycles. The number of aryl methyl sites for hydroxylation is 1. The van der Waals surface area contributed by atoms with Crippen molar-refractivity contribution in [1.29, 1.82) is 0 Å². The van der Waals surface area contributed by atoms with Gasteiger partial charge in [0.15, 0.2) is 0 Å². The molecular formula is C13H24N4O. The smallest absolute Gasteiger partial charge is 0.0948 e. The van der Waals surface area contributed by atoms with Gasteiger partial charge >= 0.3 is 0 Å². The van der Waals surface area contributed by atoms with Crippen LogP contribution >= 0.6 is 0 Å². The van der Waals surface area contributed by atoms with Crippen LogP contribution in [0.1, 0.15) is 32.5 Å². The average Bonchev–Trinajstić information content (AvgIpc) is 2.85. The SMILES string of the molecule is CCn1cncc1C1C(CN)OCCN1C(C)C. The minimum absolute atomic E-state index is 0.0585. The van der Waals surface area contributed by atoms with Gasteiger partial charge in [-0.3, -0.25) is 4.90 Å². The number of morpholine rings is 1. The van der Waals surface area contributed by atoms with E-state index in [2.05, 4.69) is 35.2 Å². The summed E-state index contributed by atoms with van der Waals surface area (Å²) in [5.74, 6) is 0. The van der Waals surface area contributed by atoms with Gasteiger partial charge in [-0.1, -0.05) is 0 Å². The molecule has 5 heteroatoms. The Morgan fingerprint density at radius 1 is 1.56 bits per heavy atom. The van der Waals surface area contributed by atoms with Crippen molar-refractivity contribution in [2.75, 3.05) is 19.7 Å². The zero-order valence-corrected chi connectivity index (χ0v) is 11.5. The highest BCUT2D eigenvalue weighted by Crippen LogP contribution is 2.30. The van der Waals surface area contributed by atoms with Gasteiger partial charge in [0.05, 0.1) is 30.8 Å². The maximum Gasteiger partial charge on any atom is 0.0948 e. The van der Waals surface area contributed by atoms with Gasteiger partial charge in [-0.05, 0) is 20.8 Å². The molecule has 2 atom stereocenters. The predicted octanol–water partition coefficient (Wildman–Crippen LogP) is 1.01. The van der Waals surface area contributed by atoms with Crippen molar-refractivity contribution < 1.29 is 4.74 Å². The van der Waals surface area contributed by atoms with Crippen LogP contribution in [0.3, 0.4) is 0 Å². The molecule has 2 rings (SSSR count). The fourth-order valence-corrected chi connectivity index (χ4v) is 2.73. The molecule has 0 aromatic carbocycles. The summed E-state index contributed by atoms with van der Waals surface area (Å²) < 4.78 is 8.01. The molecule has 2 heterocycles. The van der Waals surface area contributed by atoms with Crippen LogP contribution < -0.4 is 5.73 Å². The van der Waals surface area contributed by atoms with Crippen LogP contribution in [0.5, 0.6) is 0 Å². The number of aromatic nitrogens is 2. The summed E-state index contributed by atoms with van der Waals surface area (Å²) in [5.41, 5.74) is 7.08. The van der Waals surface area contributed by atoms with Crippen LogP contribution in [-0.4, -0.2) is 46.3 Å². The molecule has 1 aromatic heterocycles. The monoisotopic (exact) mass is 252 g/mol. The molecule has 2 N–H and O–H groups in total. The fraction of sp³-hybridized carbons (Fsp3) is 0.769. The number of imidazole rings is 1. The molecule has 0 radical (unpaired) electrons. The number of rotatable bonds is 4.